The van der Waals surface area contributed by atoms with Crippen LogP contribution in [0.25, 0.3) is 0 Å². The molecule has 0 aliphatic heterocycles. The highest BCUT2D eigenvalue weighted by atomic mass is 16.5. The van der Waals surface area contributed by atoms with Gasteiger partial charge in [0.05, 0.1) is 12.7 Å². The van der Waals surface area contributed by atoms with Crippen molar-refractivity contribution >= 4 is 5.97 Å². The third-order valence-corrected chi connectivity index (χ3v) is 4.38. The number of para-hydroxylation sites is 1. The van der Waals surface area contributed by atoms with Crippen molar-refractivity contribution in [1.29, 1.82) is 0 Å². The van der Waals surface area contributed by atoms with Crippen molar-refractivity contribution in [3.63, 3.8) is 0 Å². The molecular weight excluding hydrogens is 340 g/mol. The number of carbonyl (C=O) groups excluding carboxylic acids is 1. The van der Waals surface area contributed by atoms with E-state index in [2.05, 4.69) is 4.74 Å². The van der Waals surface area contributed by atoms with Gasteiger partial charge in [0, 0.05) is 0 Å². The molecule has 4 nitrogen and oxygen atoms in total. The van der Waals surface area contributed by atoms with E-state index < -0.39 is 5.97 Å². The summed E-state index contributed by atoms with van der Waals surface area (Å²) in [5, 5.41) is 10.2. The van der Waals surface area contributed by atoms with Gasteiger partial charge in [-0.1, -0.05) is 54.6 Å². The third kappa shape index (κ3) is 4.88. The fraction of sp³-hybridized carbons (Fsp3) is 0.174. The number of hydrogen-bond donors (Lipinski definition) is 1. The van der Waals surface area contributed by atoms with Crippen LogP contribution < -0.4 is 4.74 Å². The second-order valence-corrected chi connectivity index (χ2v) is 6.22. The predicted octanol–water partition coefficient (Wildman–Crippen LogP) is 4.54. The number of methoxy groups -OCH3 is 1. The van der Waals surface area contributed by atoms with Gasteiger partial charge in [0.2, 0.25) is 0 Å². The topological polar surface area (TPSA) is 55.8 Å². The van der Waals surface area contributed by atoms with Gasteiger partial charge in [-0.3, -0.25) is 0 Å². The van der Waals surface area contributed by atoms with Crippen molar-refractivity contribution < 1.29 is 19.4 Å². The maximum atomic E-state index is 11.5. The van der Waals surface area contributed by atoms with Gasteiger partial charge in [0.15, 0.2) is 0 Å². The number of ether oxygens (including phenoxy) is 2. The minimum absolute atomic E-state index is 0.0978. The first-order valence-corrected chi connectivity index (χ1v) is 8.82. The molecule has 0 saturated carbocycles. The first-order chi connectivity index (χ1) is 13.2. The molecule has 138 valence electrons. The highest BCUT2D eigenvalue weighted by molar-refractivity contribution is 5.89. The molecule has 0 amide bonds. The summed E-state index contributed by atoms with van der Waals surface area (Å²) in [4.78, 5) is 11.5. The molecule has 0 aliphatic carbocycles. The van der Waals surface area contributed by atoms with Gasteiger partial charge >= 0.3 is 5.97 Å². The van der Waals surface area contributed by atoms with Crippen LogP contribution in [-0.2, 0) is 24.2 Å². The van der Waals surface area contributed by atoms with Crippen LogP contribution in [0.3, 0.4) is 0 Å². The molecule has 0 saturated heterocycles. The molecular formula is C23H22O4. The Kier molecular flexibility index (Phi) is 6.10. The minimum atomic E-state index is -0.462. The van der Waals surface area contributed by atoms with Crippen LogP contribution in [0.1, 0.15) is 27.0 Å². The quantitative estimate of drug-likeness (QED) is 0.627. The Bertz CT molecular complexity index is 903. The summed E-state index contributed by atoms with van der Waals surface area (Å²) in [5.41, 5.74) is 3.30. The molecule has 0 fully saturated rings. The Balaban J connectivity index is 1.67. The lowest BCUT2D eigenvalue weighted by atomic mass is 10.0. The lowest BCUT2D eigenvalue weighted by Crippen LogP contribution is -2.02. The Morgan fingerprint density at radius 1 is 0.889 bits per heavy atom. The number of aromatic hydroxyl groups is 1. The maximum absolute atomic E-state index is 11.5. The highest BCUT2D eigenvalue weighted by Crippen LogP contribution is 2.25. The van der Waals surface area contributed by atoms with Crippen molar-refractivity contribution in [2.45, 2.75) is 19.4 Å². The average Bonchev–Trinajstić information content (AvgIpc) is 2.72. The number of phenolic OH excluding ortho intramolecular Hbond substituents is 1. The van der Waals surface area contributed by atoms with Crippen LogP contribution >= 0.6 is 0 Å². The molecule has 3 aromatic carbocycles. The Hall–Kier alpha value is -3.27. The number of rotatable bonds is 7. The smallest absolute Gasteiger partial charge is 0.337 e. The normalized spacial score (nSPS) is 10.4. The molecule has 0 radical (unpaired) electrons. The van der Waals surface area contributed by atoms with E-state index >= 15 is 0 Å². The summed E-state index contributed by atoms with van der Waals surface area (Å²) >= 11 is 0. The van der Waals surface area contributed by atoms with Crippen LogP contribution in [0.2, 0.25) is 0 Å². The van der Waals surface area contributed by atoms with Crippen LogP contribution in [0.5, 0.6) is 11.5 Å². The van der Waals surface area contributed by atoms with E-state index in [1.54, 1.807) is 12.1 Å². The monoisotopic (exact) mass is 362 g/mol. The SMILES string of the molecule is COC(=O)c1ccc(CCc2ccccc2OCc2ccccc2)c(O)c1. The van der Waals surface area contributed by atoms with E-state index in [1.165, 1.54) is 13.2 Å². The molecule has 0 bridgehead atoms. The Morgan fingerprint density at radius 3 is 2.33 bits per heavy atom. The Morgan fingerprint density at radius 2 is 1.59 bits per heavy atom. The summed E-state index contributed by atoms with van der Waals surface area (Å²) in [6.07, 6.45) is 1.36. The second kappa shape index (κ2) is 8.90. The van der Waals surface area contributed by atoms with Crippen LogP contribution in [0.4, 0.5) is 0 Å². The van der Waals surface area contributed by atoms with E-state index in [0.717, 1.165) is 28.9 Å². The molecule has 0 aromatic heterocycles. The standard InChI is InChI=1S/C23H22O4/c1-26-23(25)20-14-12-18(21(24)15-20)11-13-19-9-5-6-10-22(19)27-16-17-7-3-2-4-8-17/h2-10,12,14-15,24H,11,13,16H2,1H3. The van der Waals surface area contributed by atoms with Gasteiger partial charge in [-0.25, -0.2) is 4.79 Å². The zero-order valence-electron chi connectivity index (χ0n) is 15.2. The van der Waals surface area contributed by atoms with E-state index in [9.17, 15) is 9.90 Å². The van der Waals surface area contributed by atoms with Gasteiger partial charge in [0.25, 0.3) is 0 Å². The van der Waals surface area contributed by atoms with Gasteiger partial charge in [-0.05, 0) is 47.7 Å². The highest BCUT2D eigenvalue weighted by Gasteiger charge is 2.10. The first kappa shape index (κ1) is 18.5. The molecule has 0 heterocycles. The summed E-state index contributed by atoms with van der Waals surface area (Å²) in [5.74, 6) is 0.476. The van der Waals surface area contributed by atoms with E-state index in [0.29, 0.717) is 18.6 Å². The lowest BCUT2D eigenvalue weighted by molar-refractivity contribution is 0.0600. The number of phenols is 1. The second-order valence-electron chi connectivity index (χ2n) is 6.22. The summed E-state index contributed by atoms with van der Waals surface area (Å²) < 4.78 is 10.7. The Labute approximate surface area is 159 Å². The van der Waals surface area contributed by atoms with Crippen molar-refractivity contribution in [1.82, 2.24) is 0 Å². The van der Waals surface area contributed by atoms with Crippen LogP contribution in [0, 0.1) is 0 Å². The predicted molar refractivity (Wildman–Crippen MR) is 104 cm³/mol. The molecule has 4 heteroatoms. The van der Waals surface area contributed by atoms with Gasteiger partial charge < -0.3 is 14.6 Å². The molecule has 27 heavy (non-hydrogen) atoms. The average molecular weight is 362 g/mol. The first-order valence-electron chi connectivity index (χ1n) is 8.82. The summed E-state index contributed by atoms with van der Waals surface area (Å²) in [6.45, 7) is 0.511. The molecule has 3 aromatic rings. The third-order valence-electron chi connectivity index (χ3n) is 4.38. The number of aryl methyl sites for hydroxylation is 2. The number of esters is 1. The van der Waals surface area contributed by atoms with Gasteiger partial charge in [0.1, 0.15) is 18.1 Å². The molecule has 0 spiro atoms. The number of benzene rings is 3. The fourth-order valence-electron chi connectivity index (χ4n) is 2.88. The molecule has 1 N–H and O–H groups in total. The number of hydrogen-bond acceptors (Lipinski definition) is 4. The summed E-state index contributed by atoms with van der Waals surface area (Å²) in [7, 11) is 1.32. The van der Waals surface area contributed by atoms with Gasteiger partial charge in [-0.15, -0.1) is 0 Å². The van der Waals surface area contributed by atoms with E-state index in [4.69, 9.17) is 4.74 Å². The number of carbonyl (C=O) groups is 1. The largest absolute Gasteiger partial charge is 0.508 e. The zero-order chi connectivity index (χ0) is 19.1. The van der Waals surface area contributed by atoms with Crippen LogP contribution in [0.15, 0.2) is 72.8 Å². The van der Waals surface area contributed by atoms with E-state index in [-0.39, 0.29) is 5.75 Å². The van der Waals surface area contributed by atoms with Crippen molar-refractivity contribution in [3.05, 3.63) is 95.1 Å². The van der Waals surface area contributed by atoms with Crippen molar-refractivity contribution in [2.75, 3.05) is 7.11 Å². The van der Waals surface area contributed by atoms with Crippen molar-refractivity contribution in [2.24, 2.45) is 0 Å². The molecule has 0 atom stereocenters. The van der Waals surface area contributed by atoms with Gasteiger partial charge in [-0.2, -0.15) is 0 Å². The van der Waals surface area contributed by atoms with Crippen LogP contribution in [-0.4, -0.2) is 18.2 Å². The van der Waals surface area contributed by atoms with E-state index in [1.807, 2.05) is 54.6 Å². The zero-order valence-corrected chi connectivity index (χ0v) is 15.2. The molecule has 3 rings (SSSR count). The van der Waals surface area contributed by atoms with Crippen molar-refractivity contribution in [3.8, 4) is 11.5 Å². The molecule has 0 unspecified atom stereocenters. The molecule has 0 aliphatic rings. The lowest BCUT2D eigenvalue weighted by Gasteiger charge is -2.12. The maximum Gasteiger partial charge on any atom is 0.337 e. The summed E-state index contributed by atoms with van der Waals surface area (Å²) in [6, 6.07) is 22.8. The minimum Gasteiger partial charge on any atom is -0.508 e. The fourth-order valence-corrected chi connectivity index (χ4v) is 2.88.